The molecule has 0 radical (unpaired) electrons. The van der Waals surface area contributed by atoms with Crippen molar-refractivity contribution < 1.29 is 9.47 Å². The van der Waals surface area contributed by atoms with Gasteiger partial charge in [-0.25, -0.2) is 0 Å². The summed E-state index contributed by atoms with van der Waals surface area (Å²) in [4.78, 5) is 3.85. The lowest BCUT2D eigenvalue weighted by Crippen LogP contribution is -1.96. The van der Waals surface area contributed by atoms with Gasteiger partial charge in [0.2, 0.25) is 6.29 Å². The first-order valence-electron chi connectivity index (χ1n) is 3.13. The maximum absolute atomic E-state index is 5.26. The van der Waals surface area contributed by atoms with Crippen LogP contribution in [0.4, 0.5) is 0 Å². The van der Waals surface area contributed by atoms with E-state index >= 15 is 0 Å². The SMILES string of the molecule is c1cc(O[C@H]2CO2)ccn1. The molecular formula is C7H7NO2. The van der Waals surface area contributed by atoms with Crippen LogP contribution in [0.3, 0.4) is 0 Å². The molecule has 0 N–H and O–H groups in total. The fraction of sp³-hybridized carbons (Fsp3) is 0.286. The van der Waals surface area contributed by atoms with Gasteiger partial charge in [-0.2, -0.15) is 0 Å². The summed E-state index contributed by atoms with van der Waals surface area (Å²) in [5.74, 6) is 0.817. The zero-order valence-electron chi connectivity index (χ0n) is 5.36. The Labute approximate surface area is 58.6 Å². The Kier molecular flexibility index (Phi) is 1.29. The van der Waals surface area contributed by atoms with Crippen LogP contribution in [0.5, 0.6) is 5.75 Å². The van der Waals surface area contributed by atoms with Crippen LogP contribution in [-0.4, -0.2) is 17.9 Å². The molecule has 3 nitrogen and oxygen atoms in total. The van der Waals surface area contributed by atoms with Crippen molar-refractivity contribution in [3.8, 4) is 5.75 Å². The van der Waals surface area contributed by atoms with E-state index in [1.54, 1.807) is 12.4 Å². The van der Waals surface area contributed by atoms with E-state index in [9.17, 15) is 0 Å². The lowest BCUT2D eigenvalue weighted by atomic mass is 10.5. The average Bonchev–Trinajstić information content (AvgIpc) is 2.74. The van der Waals surface area contributed by atoms with E-state index in [2.05, 4.69) is 4.98 Å². The molecule has 0 amide bonds. The van der Waals surface area contributed by atoms with Gasteiger partial charge in [0.05, 0.1) is 0 Å². The van der Waals surface area contributed by atoms with Crippen molar-refractivity contribution in [2.45, 2.75) is 6.29 Å². The Morgan fingerprint density at radius 1 is 1.50 bits per heavy atom. The molecule has 1 aliphatic heterocycles. The van der Waals surface area contributed by atoms with Gasteiger partial charge in [-0.15, -0.1) is 0 Å². The van der Waals surface area contributed by atoms with Gasteiger partial charge in [0, 0.05) is 12.4 Å². The van der Waals surface area contributed by atoms with Crippen molar-refractivity contribution in [3.63, 3.8) is 0 Å². The van der Waals surface area contributed by atoms with Crippen LogP contribution in [-0.2, 0) is 4.74 Å². The lowest BCUT2D eigenvalue weighted by molar-refractivity contribution is 0.179. The molecule has 2 rings (SSSR count). The zero-order valence-corrected chi connectivity index (χ0v) is 5.36. The average molecular weight is 137 g/mol. The Morgan fingerprint density at radius 3 is 2.80 bits per heavy atom. The summed E-state index contributed by atoms with van der Waals surface area (Å²) < 4.78 is 10.1. The molecule has 0 unspecified atom stereocenters. The van der Waals surface area contributed by atoms with Crippen molar-refractivity contribution in [2.75, 3.05) is 6.61 Å². The molecule has 1 aromatic rings. The first kappa shape index (κ1) is 5.68. The van der Waals surface area contributed by atoms with Crippen LogP contribution in [0.2, 0.25) is 0 Å². The Balaban J connectivity index is 2.03. The second-order valence-electron chi connectivity index (χ2n) is 2.06. The fourth-order valence-electron chi connectivity index (χ4n) is 0.676. The summed E-state index contributed by atoms with van der Waals surface area (Å²) in [5, 5.41) is 0. The van der Waals surface area contributed by atoms with Gasteiger partial charge in [-0.3, -0.25) is 4.98 Å². The van der Waals surface area contributed by atoms with E-state index in [0.717, 1.165) is 5.75 Å². The van der Waals surface area contributed by atoms with E-state index in [4.69, 9.17) is 9.47 Å². The standard InChI is InChI=1S/C7H7NO2/c1-3-8-4-2-6(1)10-7-5-9-7/h1-4,7H,5H2/t7-/m0/s1. The minimum absolute atomic E-state index is 0.0117. The third-order valence-electron chi connectivity index (χ3n) is 1.22. The van der Waals surface area contributed by atoms with E-state index in [1.807, 2.05) is 12.1 Å². The number of ether oxygens (including phenoxy) is 2. The molecule has 1 atom stereocenters. The lowest BCUT2D eigenvalue weighted by Gasteiger charge is -1.98. The van der Waals surface area contributed by atoms with Gasteiger partial charge < -0.3 is 9.47 Å². The molecule has 0 bridgehead atoms. The smallest absolute Gasteiger partial charge is 0.223 e. The van der Waals surface area contributed by atoms with Crippen LogP contribution < -0.4 is 4.74 Å². The zero-order chi connectivity index (χ0) is 6.81. The second-order valence-corrected chi connectivity index (χ2v) is 2.06. The number of rotatable bonds is 2. The van der Waals surface area contributed by atoms with Crippen LogP contribution in [0, 0.1) is 0 Å². The molecule has 1 aromatic heterocycles. The summed E-state index contributed by atoms with van der Waals surface area (Å²) >= 11 is 0. The Hall–Kier alpha value is -1.09. The Morgan fingerprint density at radius 2 is 2.20 bits per heavy atom. The minimum atomic E-state index is -0.0117. The van der Waals surface area contributed by atoms with Gasteiger partial charge in [-0.05, 0) is 12.1 Å². The van der Waals surface area contributed by atoms with E-state index in [1.165, 1.54) is 0 Å². The maximum Gasteiger partial charge on any atom is 0.223 e. The van der Waals surface area contributed by atoms with Crippen LogP contribution in [0.1, 0.15) is 0 Å². The van der Waals surface area contributed by atoms with Crippen molar-refractivity contribution >= 4 is 0 Å². The Bertz CT molecular complexity index is 208. The van der Waals surface area contributed by atoms with Crippen LogP contribution >= 0.6 is 0 Å². The fourth-order valence-corrected chi connectivity index (χ4v) is 0.676. The highest BCUT2D eigenvalue weighted by molar-refractivity contribution is 5.17. The summed E-state index contributed by atoms with van der Waals surface area (Å²) in [7, 11) is 0. The third kappa shape index (κ3) is 1.25. The number of hydrogen-bond acceptors (Lipinski definition) is 3. The largest absolute Gasteiger partial charge is 0.462 e. The van der Waals surface area contributed by atoms with Gasteiger partial charge >= 0.3 is 0 Å². The predicted octanol–water partition coefficient (Wildman–Crippen LogP) is 0.817. The van der Waals surface area contributed by atoms with Gasteiger partial charge in [0.1, 0.15) is 12.4 Å². The number of epoxide rings is 1. The summed E-state index contributed by atoms with van der Waals surface area (Å²) in [6.45, 7) is 0.711. The maximum atomic E-state index is 5.26. The van der Waals surface area contributed by atoms with Crippen molar-refractivity contribution in [1.29, 1.82) is 0 Å². The molecule has 0 aliphatic carbocycles. The van der Waals surface area contributed by atoms with Crippen molar-refractivity contribution in [3.05, 3.63) is 24.5 Å². The molecule has 0 spiro atoms. The van der Waals surface area contributed by atoms with Crippen LogP contribution in [0.15, 0.2) is 24.5 Å². The molecule has 0 saturated carbocycles. The molecule has 3 heteroatoms. The van der Waals surface area contributed by atoms with Crippen LogP contribution in [0.25, 0.3) is 0 Å². The first-order chi connectivity index (χ1) is 4.95. The highest BCUT2D eigenvalue weighted by Gasteiger charge is 2.24. The minimum Gasteiger partial charge on any atom is -0.462 e. The summed E-state index contributed by atoms with van der Waals surface area (Å²) in [5.41, 5.74) is 0. The normalized spacial score (nSPS) is 22.2. The highest BCUT2D eigenvalue weighted by Crippen LogP contribution is 2.16. The van der Waals surface area contributed by atoms with E-state index < -0.39 is 0 Å². The third-order valence-corrected chi connectivity index (χ3v) is 1.22. The molecule has 0 aromatic carbocycles. The van der Waals surface area contributed by atoms with E-state index in [-0.39, 0.29) is 6.29 Å². The number of aromatic nitrogens is 1. The molecule has 52 valence electrons. The molecule has 10 heavy (non-hydrogen) atoms. The molecule has 2 heterocycles. The first-order valence-corrected chi connectivity index (χ1v) is 3.13. The van der Waals surface area contributed by atoms with Gasteiger partial charge in [0.25, 0.3) is 0 Å². The number of pyridine rings is 1. The number of nitrogens with zero attached hydrogens (tertiary/aromatic N) is 1. The quantitative estimate of drug-likeness (QED) is 0.566. The number of hydrogen-bond donors (Lipinski definition) is 0. The van der Waals surface area contributed by atoms with Gasteiger partial charge in [-0.1, -0.05) is 0 Å². The summed E-state index contributed by atoms with van der Waals surface area (Å²) in [6, 6.07) is 3.61. The van der Waals surface area contributed by atoms with E-state index in [0.29, 0.717) is 6.61 Å². The monoisotopic (exact) mass is 137 g/mol. The van der Waals surface area contributed by atoms with Crippen molar-refractivity contribution in [1.82, 2.24) is 4.98 Å². The predicted molar refractivity (Wildman–Crippen MR) is 34.6 cm³/mol. The summed E-state index contributed by atoms with van der Waals surface area (Å²) in [6.07, 6.45) is 3.37. The highest BCUT2D eigenvalue weighted by atomic mass is 16.8. The van der Waals surface area contributed by atoms with Crippen molar-refractivity contribution in [2.24, 2.45) is 0 Å². The molecule has 1 fully saturated rings. The molecule has 1 aliphatic rings. The topological polar surface area (TPSA) is 34.6 Å². The second kappa shape index (κ2) is 2.27. The molecule has 1 saturated heterocycles. The molecular weight excluding hydrogens is 130 g/mol. The van der Waals surface area contributed by atoms with Gasteiger partial charge in [0.15, 0.2) is 0 Å².